The summed E-state index contributed by atoms with van der Waals surface area (Å²) in [6.07, 6.45) is -0.230. The number of carbonyl (C=O) groups is 1. The topological polar surface area (TPSA) is 50.1 Å². The molecule has 0 saturated heterocycles. The van der Waals surface area contributed by atoms with Crippen LogP contribution >= 0.6 is 0 Å². The van der Waals surface area contributed by atoms with E-state index in [0.717, 1.165) is 18.2 Å². The molecule has 1 rings (SSSR count). The minimum atomic E-state index is -1.52. The number of hydrogen-bond donors (Lipinski definition) is 0. The average molecular weight is 253 g/mol. The van der Waals surface area contributed by atoms with Crippen LogP contribution in [0.3, 0.4) is 0 Å². The van der Waals surface area contributed by atoms with Crippen molar-refractivity contribution in [1.29, 1.82) is 5.26 Å². The highest BCUT2D eigenvalue weighted by atomic mass is 19.1. The summed E-state index contributed by atoms with van der Waals surface area (Å²) < 4.78 is 31.2. The molecule has 1 aromatic carbocycles. The molecular formula is C13H13F2NO2. The largest absolute Gasteiger partial charge is 0.465 e. The van der Waals surface area contributed by atoms with Gasteiger partial charge in [-0.2, -0.15) is 5.26 Å². The molecule has 0 N–H and O–H groups in total. The van der Waals surface area contributed by atoms with E-state index in [4.69, 9.17) is 10.00 Å². The molecule has 0 fully saturated rings. The molecule has 0 spiro atoms. The first-order chi connectivity index (χ1) is 8.42. The summed E-state index contributed by atoms with van der Waals surface area (Å²) >= 11 is 0. The lowest BCUT2D eigenvalue weighted by Crippen LogP contribution is -2.31. The van der Waals surface area contributed by atoms with E-state index in [1.165, 1.54) is 6.92 Å². The number of nitriles is 1. The zero-order valence-electron chi connectivity index (χ0n) is 10.2. The maximum Gasteiger partial charge on any atom is 0.326 e. The molecule has 1 unspecified atom stereocenters. The Bertz CT molecular complexity index is 496. The molecule has 5 heteroatoms. The lowest BCUT2D eigenvalue weighted by molar-refractivity contribution is -0.151. The van der Waals surface area contributed by atoms with Crippen LogP contribution in [0.25, 0.3) is 0 Å². The van der Waals surface area contributed by atoms with Gasteiger partial charge in [0.2, 0.25) is 0 Å². The monoisotopic (exact) mass is 253 g/mol. The van der Waals surface area contributed by atoms with Crippen LogP contribution in [0.2, 0.25) is 0 Å². The first-order valence-electron chi connectivity index (χ1n) is 5.45. The fourth-order valence-corrected chi connectivity index (χ4v) is 1.51. The number of benzene rings is 1. The van der Waals surface area contributed by atoms with Crippen molar-refractivity contribution in [1.82, 2.24) is 0 Å². The van der Waals surface area contributed by atoms with Gasteiger partial charge < -0.3 is 4.74 Å². The van der Waals surface area contributed by atoms with Crippen LogP contribution in [0.15, 0.2) is 18.2 Å². The zero-order valence-corrected chi connectivity index (χ0v) is 10.2. The maximum absolute atomic E-state index is 13.5. The van der Waals surface area contributed by atoms with E-state index in [1.807, 2.05) is 0 Å². The normalized spacial score (nSPS) is 13.5. The van der Waals surface area contributed by atoms with Gasteiger partial charge in [-0.3, -0.25) is 4.79 Å². The lowest BCUT2D eigenvalue weighted by atomic mass is 9.85. The molecule has 96 valence electrons. The molecule has 0 aliphatic heterocycles. The molecule has 0 amide bonds. The predicted molar refractivity (Wildman–Crippen MR) is 60.4 cm³/mol. The Balaban J connectivity index is 3.02. The highest BCUT2D eigenvalue weighted by Gasteiger charge is 2.36. The summed E-state index contributed by atoms with van der Waals surface area (Å²) in [5, 5.41) is 9.04. The average Bonchev–Trinajstić information content (AvgIpc) is 2.34. The first-order valence-corrected chi connectivity index (χ1v) is 5.45. The molecule has 0 aliphatic rings. The van der Waals surface area contributed by atoms with Crippen molar-refractivity contribution in [3.05, 3.63) is 35.4 Å². The number of hydrogen-bond acceptors (Lipinski definition) is 3. The molecule has 18 heavy (non-hydrogen) atoms. The van der Waals surface area contributed by atoms with E-state index in [2.05, 4.69) is 0 Å². The zero-order chi connectivity index (χ0) is 13.8. The highest BCUT2D eigenvalue weighted by Crippen LogP contribution is 2.25. The summed E-state index contributed by atoms with van der Waals surface area (Å²) in [6.45, 7) is 3.08. The van der Waals surface area contributed by atoms with Gasteiger partial charge in [-0.25, -0.2) is 8.78 Å². The van der Waals surface area contributed by atoms with Gasteiger partial charge in [0, 0.05) is 6.42 Å². The minimum absolute atomic E-state index is 0.0212. The molecule has 0 aliphatic carbocycles. The molecule has 1 aromatic rings. The molecule has 1 atom stereocenters. The number of ether oxygens (including phenoxy) is 1. The van der Waals surface area contributed by atoms with Crippen molar-refractivity contribution in [2.45, 2.75) is 20.3 Å². The predicted octanol–water partition coefficient (Wildman–Crippen LogP) is 2.60. The Hall–Kier alpha value is -1.96. The number of nitrogens with zero attached hydrogens (tertiary/aromatic N) is 1. The summed E-state index contributed by atoms with van der Waals surface area (Å²) in [5.41, 5.74) is -1.54. The second-order valence-corrected chi connectivity index (χ2v) is 4.08. The molecule has 3 nitrogen and oxygen atoms in total. The van der Waals surface area contributed by atoms with Gasteiger partial charge in [0.15, 0.2) is 5.41 Å². The van der Waals surface area contributed by atoms with Crippen LogP contribution in [-0.4, -0.2) is 12.6 Å². The number of halogens is 2. The smallest absolute Gasteiger partial charge is 0.326 e. The van der Waals surface area contributed by atoms with Crippen LogP contribution in [0.4, 0.5) is 8.78 Å². The Labute approximate surface area is 104 Å². The standard InChI is InChI=1S/C13H13F2NO2/c1-3-18-12(17)13(2,8-16)7-9-6-10(14)4-5-11(9)15/h4-6H,3,7H2,1-2H3. The van der Waals surface area contributed by atoms with E-state index in [9.17, 15) is 13.6 Å². The quantitative estimate of drug-likeness (QED) is 0.775. The van der Waals surface area contributed by atoms with Crippen molar-refractivity contribution in [3.8, 4) is 6.07 Å². The fourth-order valence-electron chi connectivity index (χ4n) is 1.51. The van der Waals surface area contributed by atoms with Crippen molar-refractivity contribution in [2.24, 2.45) is 5.41 Å². The minimum Gasteiger partial charge on any atom is -0.465 e. The van der Waals surface area contributed by atoms with Crippen LogP contribution in [0, 0.1) is 28.4 Å². The van der Waals surface area contributed by atoms with E-state index in [1.54, 1.807) is 13.0 Å². The molecule has 0 heterocycles. The van der Waals surface area contributed by atoms with Crippen LogP contribution in [0.1, 0.15) is 19.4 Å². The maximum atomic E-state index is 13.5. The third-order valence-electron chi connectivity index (χ3n) is 2.52. The number of esters is 1. The third kappa shape index (κ3) is 3.04. The summed E-state index contributed by atoms with van der Waals surface area (Å²) in [5.74, 6) is -2.01. The van der Waals surface area contributed by atoms with Gasteiger partial charge in [-0.1, -0.05) is 0 Å². The van der Waals surface area contributed by atoms with E-state index in [0.29, 0.717) is 0 Å². The van der Waals surface area contributed by atoms with E-state index in [-0.39, 0.29) is 18.6 Å². The van der Waals surface area contributed by atoms with E-state index < -0.39 is 23.0 Å². The third-order valence-corrected chi connectivity index (χ3v) is 2.52. The molecule has 0 saturated carbocycles. The summed E-state index contributed by atoms with van der Waals surface area (Å²) in [6, 6.07) is 4.72. The van der Waals surface area contributed by atoms with Crippen LogP contribution in [0.5, 0.6) is 0 Å². The van der Waals surface area contributed by atoms with Crippen LogP contribution < -0.4 is 0 Å². The highest BCUT2D eigenvalue weighted by molar-refractivity contribution is 5.80. The Morgan fingerprint density at radius 3 is 2.72 bits per heavy atom. The first kappa shape index (κ1) is 14.1. The lowest BCUT2D eigenvalue weighted by Gasteiger charge is -2.19. The SMILES string of the molecule is CCOC(=O)C(C)(C#N)Cc1cc(F)ccc1F. The van der Waals surface area contributed by atoms with Gasteiger partial charge in [0.25, 0.3) is 0 Å². The second-order valence-electron chi connectivity index (χ2n) is 4.08. The Kier molecular flexibility index (Phi) is 4.38. The van der Waals surface area contributed by atoms with Gasteiger partial charge in [-0.05, 0) is 37.6 Å². The van der Waals surface area contributed by atoms with Gasteiger partial charge in [0.1, 0.15) is 11.6 Å². The second kappa shape index (κ2) is 5.58. The van der Waals surface area contributed by atoms with Crippen molar-refractivity contribution in [3.63, 3.8) is 0 Å². The van der Waals surface area contributed by atoms with Gasteiger partial charge >= 0.3 is 5.97 Å². The van der Waals surface area contributed by atoms with Crippen molar-refractivity contribution in [2.75, 3.05) is 6.61 Å². The molecule has 0 bridgehead atoms. The summed E-state index contributed by atoms with van der Waals surface area (Å²) in [7, 11) is 0. The van der Waals surface area contributed by atoms with Crippen LogP contribution in [-0.2, 0) is 16.0 Å². The number of rotatable bonds is 4. The van der Waals surface area contributed by atoms with Gasteiger partial charge in [-0.15, -0.1) is 0 Å². The molecule has 0 radical (unpaired) electrons. The molecule has 0 aromatic heterocycles. The number of carbonyl (C=O) groups excluding carboxylic acids is 1. The van der Waals surface area contributed by atoms with E-state index >= 15 is 0 Å². The van der Waals surface area contributed by atoms with Crippen molar-refractivity contribution < 1.29 is 18.3 Å². The Morgan fingerprint density at radius 2 is 2.17 bits per heavy atom. The Morgan fingerprint density at radius 1 is 1.50 bits per heavy atom. The van der Waals surface area contributed by atoms with Crippen molar-refractivity contribution >= 4 is 5.97 Å². The molecular weight excluding hydrogens is 240 g/mol. The fraction of sp³-hybridized carbons (Fsp3) is 0.385. The van der Waals surface area contributed by atoms with Gasteiger partial charge in [0.05, 0.1) is 12.7 Å². The summed E-state index contributed by atoms with van der Waals surface area (Å²) in [4.78, 5) is 11.6.